The number of nitrogen functional groups attached to an aromatic ring is 1. The van der Waals surface area contributed by atoms with Gasteiger partial charge in [-0.2, -0.15) is 0 Å². The van der Waals surface area contributed by atoms with Crippen LogP contribution in [0.4, 0.5) is 11.6 Å². The van der Waals surface area contributed by atoms with Gasteiger partial charge < -0.3 is 15.6 Å². The number of ether oxygens (including phenoxy) is 1. The van der Waals surface area contributed by atoms with E-state index in [1.807, 2.05) is 17.1 Å². The van der Waals surface area contributed by atoms with E-state index in [4.69, 9.17) is 15.0 Å². The third kappa shape index (κ3) is 3.45. The number of hydrogen-bond acceptors (Lipinski definition) is 9. The summed E-state index contributed by atoms with van der Waals surface area (Å²) >= 11 is 1.24. The lowest BCUT2D eigenvalue weighted by Crippen LogP contribution is -2.62. The van der Waals surface area contributed by atoms with Crippen LogP contribution >= 0.6 is 11.3 Å². The highest BCUT2D eigenvalue weighted by molar-refractivity contribution is 7.21. The lowest BCUT2D eigenvalue weighted by atomic mass is 10.1. The average molecular weight is 388 g/mol. The van der Waals surface area contributed by atoms with Gasteiger partial charge in [0.15, 0.2) is 0 Å². The van der Waals surface area contributed by atoms with Gasteiger partial charge in [-0.1, -0.05) is 13.8 Å². The normalized spacial score (nSPS) is 15.8. The molecule has 0 aromatic carbocycles. The summed E-state index contributed by atoms with van der Waals surface area (Å²) in [6.45, 7) is 6.76. The molecule has 0 unspecified atom stereocenters. The number of aliphatic imine (C=N–C) groups is 1. The van der Waals surface area contributed by atoms with Gasteiger partial charge in [0, 0.05) is 17.0 Å². The molecule has 4 rings (SSSR count). The Labute approximate surface area is 159 Å². The summed E-state index contributed by atoms with van der Waals surface area (Å²) in [4.78, 5) is 11.2. The molecule has 142 valence electrons. The number of fused-ring (bicyclic) bond motifs is 1. The number of aromatic nitrogens is 3. The molecule has 1 aliphatic heterocycles. The molecule has 1 saturated heterocycles. The summed E-state index contributed by atoms with van der Waals surface area (Å²) in [5.41, 5.74) is 7.51. The summed E-state index contributed by atoms with van der Waals surface area (Å²) < 4.78 is 10.5. The molecule has 4 heterocycles. The van der Waals surface area contributed by atoms with Gasteiger partial charge in [0.25, 0.3) is 6.20 Å². The Morgan fingerprint density at radius 1 is 1.37 bits per heavy atom. The number of nitrogens with two attached hydrogens (primary N) is 1. The average Bonchev–Trinajstić information content (AvgIpc) is 3.27. The molecule has 1 fully saturated rings. The molecule has 2 N–H and O–H groups in total. The van der Waals surface area contributed by atoms with Crippen LogP contribution in [0.15, 0.2) is 27.8 Å². The summed E-state index contributed by atoms with van der Waals surface area (Å²) in [6, 6.07) is 3.84. The van der Waals surface area contributed by atoms with Gasteiger partial charge in [0.05, 0.1) is 41.7 Å². The lowest BCUT2D eigenvalue weighted by molar-refractivity contribution is -0.759. The van der Waals surface area contributed by atoms with Gasteiger partial charge in [-0.25, -0.2) is 9.98 Å². The lowest BCUT2D eigenvalue weighted by Gasteiger charge is -2.18. The summed E-state index contributed by atoms with van der Waals surface area (Å²) in [6.07, 6.45) is 1.57. The van der Waals surface area contributed by atoms with Crippen LogP contribution in [0.5, 0.6) is 0 Å². The maximum Gasteiger partial charge on any atom is 0.324 e. The molecule has 0 amide bonds. The third-order valence-corrected chi connectivity index (χ3v) is 5.44. The standard InChI is InChI=1S/C17H20N6O3S/c1-10(2)12-4-3-11-14(18)15(27-17(11)19-12)16(24)20-13-9-23(21-26-13)22-5-7-25-8-6-22/h3-4,9-10H,5-8H2,1-2H3,(H2-,18,20,21,24). The molecule has 0 bridgehead atoms. The quantitative estimate of drug-likeness (QED) is 0.397. The van der Waals surface area contributed by atoms with Crippen LogP contribution in [0, 0.1) is 0 Å². The smallest absolute Gasteiger partial charge is 0.324 e. The fraction of sp³-hybridized carbons (Fsp3) is 0.412. The van der Waals surface area contributed by atoms with Crippen molar-refractivity contribution in [2.45, 2.75) is 19.8 Å². The van der Waals surface area contributed by atoms with Crippen LogP contribution in [-0.2, 0) is 4.74 Å². The van der Waals surface area contributed by atoms with Crippen LogP contribution in [-0.4, -0.2) is 42.5 Å². The van der Waals surface area contributed by atoms with E-state index in [0.717, 1.165) is 15.9 Å². The molecule has 9 nitrogen and oxygen atoms in total. The Morgan fingerprint density at radius 2 is 2.15 bits per heavy atom. The van der Waals surface area contributed by atoms with Gasteiger partial charge in [0.2, 0.25) is 5.27 Å². The first-order valence-corrected chi connectivity index (χ1v) is 9.51. The van der Waals surface area contributed by atoms with Crippen LogP contribution in [0.2, 0.25) is 0 Å². The monoisotopic (exact) mass is 388 g/mol. The minimum absolute atomic E-state index is 0.124. The maximum atomic E-state index is 12.6. The first kappa shape index (κ1) is 17.7. The highest BCUT2D eigenvalue weighted by Gasteiger charge is 2.23. The molecule has 10 heteroatoms. The Bertz CT molecular complexity index is 990. The second-order valence-corrected chi connectivity index (χ2v) is 7.53. The van der Waals surface area contributed by atoms with Crippen molar-refractivity contribution in [2.24, 2.45) is 4.99 Å². The number of morpholine rings is 1. The first-order valence-electron chi connectivity index (χ1n) is 8.69. The van der Waals surface area contributed by atoms with Crippen molar-refractivity contribution in [3.05, 3.63) is 28.9 Å². The first-order chi connectivity index (χ1) is 13.0. The van der Waals surface area contributed by atoms with Crippen molar-refractivity contribution in [1.29, 1.82) is 0 Å². The van der Waals surface area contributed by atoms with Gasteiger partial charge in [-0.05, 0) is 18.1 Å². The predicted octanol–water partition coefficient (Wildman–Crippen LogP) is 0.684. The summed E-state index contributed by atoms with van der Waals surface area (Å²) in [5.74, 6) is -0.0440. The maximum absolute atomic E-state index is 12.6. The number of pyridine rings is 1. The zero-order valence-electron chi connectivity index (χ0n) is 15.1. The van der Waals surface area contributed by atoms with E-state index >= 15 is 0 Å². The number of anilines is 1. The number of thiophene rings is 1. The second kappa shape index (κ2) is 7.12. The SMILES string of the molecule is CC(C)c1ccc2c(N)c(/C([O-])=N/c3c[n+](N4CCOCC4)no3)sc2n1. The van der Waals surface area contributed by atoms with Gasteiger partial charge in [-0.3, -0.25) is 4.52 Å². The minimum Gasteiger partial charge on any atom is -0.857 e. The van der Waals surface area contributed by atoms with Crippen LogP contribution < -0.4 is 20.6 Å². The fourth-order valence-electron chi connectivity index (χ4n) is 2.81. The highest BCUT2D eigenvalue weighted by Crippen LogP contribution is 2.33. The molecule has 1 aliphatic rings. The summed E-state index contributed by atoms with van der Waals surface area (Å²) in [5, 5.41) is 19.2. The van der Waals surface area contributed by atoms with Crippen molar-refractivity contribution in [3.63, 3.8) is 0 Å². The third-order valence-electron chi connectivity index (χ3n) is 4.33. The molecule has 0 atom stereocenters. The zero-order chi connectivity index (χ0) is 19.0. The van der Waals surface area contributed by atoms with Crippen molar-refractivity contribution in [1.82, 2.24) is 10.3 Å². The Kier molecular flexibility index (Phi) is 4.66. The molecule has 0 radical (unpaired) electrons. The van der Waals surface area contributed by atoms with Gasteiger partial charge >= 0.3 is 5.88 Å². The zero-order valence-corrected chi connectivity index (χ0v) is 15.9. The number of rotatable bonds is 4. The minimum atomic E-state index is -0.466. The molecule has 27 heavy (non-hydrogen) atoms. The van der Waals surface area contributed by atoms with E-state index < -0.39 is 5.90 Å². The van der Waals surface area contributed by atoms with Crippen LogP contribution in [0.3, 0.4) is 0 Å². The number of nitrogens with zero attached hydrogens (tertiary/aromatic N) is 5. The molecule has 0 spiro atoms. The molecule has 0 aliphatic carbocycles. The Hall–Kier alpha value is -2.72. The molecule has 0 saturated carbocycles. The summed E-state index contributed by atoms with van der Waals surface area (Å²) in [7, 11) is 0. The molecular formula is C17H20N6O3S. The Balaban J connectivity index is 1.63. The number of hydrogen-bond donors (Lipinski definition) is 1. The van der Waals surface area contributed by atoms with Gasteiger partial charge in [0.1, 0.15) is 4.83 Å². The second-order valence-electron chi connectivity index (χ2n) is 6.53. The Morgan fingerprint density at radius 3 is 2.89 bits per heavy atom. The highest BCUT2D eigenvalue weighted by atomic mass is 32.1. The topological polar surface area (TPSA) is 117 Å². The van der Waals surface area contributed by atoms with E-state index in [9.17, 15) is 5.11 Å². The van der Waals surface area contributed by atoms with Crippen molar-refractivity contribution >= 4 is 39.0 Å². The molecular weight excluding hydrogens is 368 g/mol. The van der Waals surface area contributed by atoms with Crippen LogP contribution in [0.1, 0.15) is 30.3 Å². The van der Waals surface area contributed by atoms with Crippen molar-refractivity contribution in [3.8, 4) is 0 Å². The van der Waals surface area contributed by atoms with Gasteiger partial charge in [-0.15, -0.1) is 16.3 Å². The largest absolute Gasteiger partial charge is 0.857 e. The van der Waals surface area contributed by atoms with E-state index in [-0.39, 0.29) is 5.88 Å². The van der Waals surface area contributed by atoms with E-state index in [1.165, 1.54) is 11.3 Å². The van der Waals surface area contributed by atoms with Crippen molar-refractivity contribution < 1.29 is 19.2 Å². The van der Waals surface area contributed by atoms with E-state index in [0.29, 0.717) is 42.8 Å². The van der Waals surface area contributed by atoms with Crippen molar-refractivity contribution in [2.75, 3.05) is 37.0 Å². The molecule has 3 aromatic rings. The van der Waals surface area contributed by atoms with E-state index in [2.05, 4.69) is 29.1 Å². The fourth-order valence-corrected chi connectivity index (χ4v) is 3.80. The predicted molar refractivity (Wildman–Crippen MR) is 99.8 cm³/mol. The van der Waals surface area contributed by atoms with Crippen LogP contribution in [0.25, 0.3) is 10.2 Å². The van der Waals surface area contributed by atoms with E-state index in [1.54, 1.807) is 11.0 Å². The molecule has 3 aromatic heterocycles.